The minimum Gasteiger partial charge on any atom is -0.492 e. The summed E-state index contributed by atoms with van der Waals surface area (Å²) in [5.74, 6) is 0.436. The van der Waals surface area contributed by atoms with E-state index in [-0.39, 0.29) is 16.7 Å². The molecule has 0 aromatic heterocycles. The first-order valence-corrected chi connectivity index (χ1v) is 10.6. The molecular weight excluding hydrogens is 364 g/mol. The highest BCUT2D eigenvalue weighted by Crippen LogP contribution is 2.28. The van der Waals surface area contributed by atoms with Crippen LogP contribution in [-0.2, 0) is 21.2 Å². The Balaban J connectivity index is 1.42. The summed E-state index contributed by atoms with van der Waals surface area (Å²) in [6.07, 6.45) is 2.43. The Morgan fingerprint density at radius 1 is 1.04 bits per heavy atom. The predicted molar refractivity (Wildman–Crippen MR) is 102 cm³/mol. The zero-order chi connectivity index (χ0) is 18.9. The van der Waals surface area contributed by atoms with E-state index in [9.17, 15) is 13.2 Å². The van der Waals surface area contributed by atoms with Crippen molar-refractivity contribution in [2.24, 2.45) is 5.92 Å². The van der Waals surface area contributed by atoms with Gasteiger partial charge in [-0.1, -0.05) is 18.2 Å². The molecule has 4 rings (SSSR count). The van der Waals surface area contributed by atoms with Gasteiger partial charge in [0.2, 0.25) is 15.9 Å². The standard InChI is InChI=1S/C20H22N2O4S/c23-20(16-13-15-5-1-2-6-19(15)26-14-16)21-17-7-9-18(10-8-17)27(24,25)22-11-3-4-12-22/h1-2,5-10,16H,3-4,11-14H2,(H,21,23). The van der Waals surface area contributed by atoms with Crippen molar-refractivity contribution in [3.63, 3.8) is 0 Å². The third kappa shape index (κ3) is 3.70. The van der Waals surface area contributed by atoms with E-state index in [0.717, 1.165) is 24.2 Å². The minimum atomic E-state index is -3.44. The maximum absolute atomic E-state index is 12.6. The molecule has 2 aromatic rings. The third-order valence-corrected chi connectivity index (χ3v) is 6.99. The van der Waals surface area contributed by atoms with Gasteiger partial charge in [0.05, 0.1) is 10.8 Å². The van der Waals surface area contributed by atoms with E-state index in [1.165, 1.54) is 4.31 Å². The van der Waals surface area contributed by atoms with Crippen molar-refractivity contribution >= 4 is 21.6 Å². The largest absolute Gasteiger partial charge is 0.492 e. The van der Waals surface area contributed by atoms with E-state index >= 15 is 0 Å². The van der Waals surface area contributed by atoms with Crippen molar-refractivity contribution in [1.29, 1.82) is 0 Å². The maximum atomic E-state index is 12.6. The highest BCUT2D eigenvalue weighted by Gasteiger charge is 2.28. The first-order valence-electron chi connectivity index (χ1n) is 9.16. The lowest BCUT2D eigenvalue weighted by molar-refractivity contribution is -0.121. The zero-order valence-corrected chi connectivity index (χ0v) is 15.7. The number of carbonyl (C=O) groups excluding carboxylic acids is 1. The van der Waals surface area contributed by atoms with Gasteiger partial charge in [-0.05, 0) is 55.2 Å². The number of ether oxygens (including phenoxy) is 1. The molecule has 0 spiro atoms. The first kappa shape index (κ1) is 18.0. The van der Waals surface area contributed by atoms with Gasteiger partial charge in [0.15, 0.2) is 0 Å². The number of amides is 1. The molecule has 142 valence electrons. The average Bonchev–Trinajstić information content (AvgIpc) is 3.24. The zero-order valence-electron chi connectivity index (χ0n) is 14.9. The summed E-state index contributed by atoms with van der Waals surface area (Å²) in [6, 6.07) is 14.1. The van der Waals surface area contributed by atoms with Crippen molar-refractivity contribution in [3.8, 4) is 5.75 Å². The van der Waals surface area contributed by atoms with Crippen LogP contribution in [0.5, 0.6) is 5.75 Å². The van der Waals surface area contributed by atoms with Crippen LogP contribution in [0, 0.1) is 5.92 Å². The molecule has 2 aromatic carbocycles. The van der Waals surface area contributed by atoms with Crippen molar-refractivity contribution in [3.05, 3.63) is 54.1 Å². The van der Waals surface area contributed by atoms with Crippen LogP contribution in [0.4, 0.5) is 5.69 Å². The second-order valence-electron chi connectivity index (χ2n) is 6.94. The van der Waals surface area contributed by atoms with Crippen molar-refractivity contribution in [2.75, 3.05) is 25.0 Å². The smallest absolute Gasteiger partial charge is 0.243 e. The summed E-state index contributed by atoms with van der Waals surface area (Å²) in [7, 11) is -3.44. The fourth-order valence-corrected chi connectivity index (χ4v) is 5.05. The molecule has 1 amide bonds. The van der Waals surface area contributed by atoms with Crippen LogP contribution in [0.15, 0.2) is 53.4 Å². The molecule has 2 heterocycles. The Labute approximate surface area is 159 Å². The molecule has 1 N–H and O–H groups in total. The monoisotopic (exact) mass is 386 g/mol. The Hall–Kier alpha value is -2.38. The van der Waals surface area contributed by atoms with Crippen molar-refractivity contribution in [1.82, 2.24) is 4.31 Å². The summed E-state index contributed by atoms with van der Waals surface area (Å²) in [6.45, 7) is 1.48. The highest BCUT2D eigenvalue weighted by atomic mass is 32.2. The topological polar surface area (TPSA) is 75.7 Å². The normalized spacial score (nSPS) is 19.9. The molecule has 7 heteroatoms. The number of rotatable bonds is 4. The summed E-state index contributed by atoms with van der Waals surface area (Å²) < 4.78 is 32.3. The third-order valence-electron chi connectivity index (χ3n) is 5.07. The molecule has 1 unspecified atom stereocenters. The number of carbonyl (C=O) groups is 1. The number of fused-ring (bicyclic) bond motifs is 1. The maximum Gasteiger partial charge on any atom is 0.243 e. The van der Waals surface area contributed by atoms with Crippen LogP contribution in [0.25, 0.3) is 0 Å². The molecule has 6 nitrogen and oxygen atoms in total. The Morgan fingerprint density at radius 2 is 1.74 bits per heavy atom. The molecule has 0 radical (unpaired) electrons. The van der Waals surface area contributed by atoms with Gasteiger partial charge in [0.25, 0.3) is 0 Å². The second kappa shape index (κ2) is 7.32. The number of anilines is 1. The first-order chi connectivity index (χ1) is 13.0. The summed E-state index contributed by atoms with van der Waals surface area (Å²) in [5.41, 5.74) is 1.61. The van der Waals surface area contributed by atoms with Crippen molar-refractivity contribution < 1.29 is 17.9 Å². The number of hydrogen-bond donors (Lipinski definition) is 1. The van der Waals surface area contributed by atoms with Gasteiger partial charge in [-0.2, -0.15) is 4.31 Å². The average molecular weight is 386 g/mol. The van der Waals surface area contributed by atoms with Crippen LogP contribution in [0.1, 0.15) is 18.4 Å². The lowest BCUT2D eigenvalue weighted by atomic mass is 9.96. The van der Waals surface area contributed by atoms with Gasteiger partial charge in [0.1, 0.15) is 12.4 Å². The van der Waals surface area contributed by atoms with Crippen LogP contribution < -0.4 is 10.1 Å². The molecular formula is C20H22N2O4S. The highest BCUT2D eigenvalue weighted by molar-refractivity contribution is 7.89. The fraction of sp³-hybridized carbons (Fsp3) is 0.350. The van der Waals surface area contributed by atoms with E-state index < -0.39 is 10.0 Å². The van der Waals surface area contributed by atoms with E-state index in [1.807, 2.05) is 24.3 Å². The molecule has 27 heavy (non-hydrogen) atoms. The molecule has 2 aliphatic heterocycles. The lowest BCUT2D eigenvalue weighted by Gasteiger charge is -2.24. The van der Waals surface area contributed by atoms with Gasteiger partial charge in [-0.3, -0.25) is 4.79 Å². The van der Waals surface area contributed by atoms with Gasteiger partial charge < -0.3 is 10.1 Å². The second-order valence-corrected chi connectivity index (χ2v) is 8.88. The quantitative estimate of drug-likeness (QED) is 0.877. The lowest BCUT2D eigenvalue weighted by Crippen LogP contribution is -2.32. The van der Waals surface area contributed by atoms with E-state index in [0.29, 0.717) is 31.8 Å². The summed E-state index contributed by atoms with van der Waals surface area (Å²) in [5, 5.41) is 2.86. The number of nitrogens with zero attached hydrogens (tertiary/aromatic N) is 1. The fourth-order valence-electron chi connectivity index (χ4n) is 3.53. The Bertz CT molecular complexity index is 935. The molecule has 0 aliphatic carbocycles. The summed E-state index contributed by atoms with van der Waals surface area (Å²) >= 11 is 0. The van der Waals surface area contributed by atoms with Crippen LogP contribution >= 0.6 is 0 Å². The van der Waals surface area contributed by atoms with Gasteiger partial charge >= 0.3 is 0 Å². The molecule has 0 bridgehead atoms. The van der Waals surface area contributed by atoms with Crippen LogP contribution in [0.2, 0.25) is 0 Å². The van der Waals surface area contributed by atoms with Gasteiger partial charge in [-0.15, -0.1) is 0 Å². The molecule has 1 fully saturated rings. The Kier molecular flexibility index (Phi) is 4.88. The number of para-hydroxylation sites is 1. The molecule has 1 atom stereocenters. The molecule has 0 saturated carbocycles. The van der Waals surface area contributed by atoms with E-state index in [1.54, 1.807) is 24.3 Å². The van der Waals surface area contributed by atoms with Crippen LogP contribution in [0.3, 0.4) is 0 Å². The SMILES string of the molecule is O=C(Nc1ccc(S(=O)(=O)N2CCCC2)cc1)C1COc2ccccc2C1. The van der Waals surface area contributed by atoms with Gasteiger partial charge in [-0.25, -0.2) is 8.42 Å². The molecule has 1 saturated heterocycles. The van der Waals surface area contributed by atoms with E-state index in [2.05, 4.69) is 5.32 Å². The number of sulfonamides is 1. The van der Waals surface area contributed by atoms with Gasteiger partial charge in [0, 0.05) is 18.8 Å². The number of nitrogens with one attached hydrogen (secondary N) is 1. The molecule has 2 aliphatic rings. The van der Waals surface area contributed by atoms with Crippen molar-refractivity contribution in [2.45, 2.75) is 24.2 Å². The van der Waals surface area contributed by atoms with Crippen LogP contribution in [-0.4, -0.2) is 38.3 Å². The summed E-state index contributed by atoms with van der Waals surface area (Å²) in [4.78, 5) is 12.8. The Morgan fingerprint density at radius 3 is 2.48 bits per heavy atom. The number of hydrogen-bond acceptors (Lipinski definition) is 4. The predicted octanol–water partition coefficient (Wildman–Crippen LogP) is 2.66. The number of benzene rings is 2. The van der Waals surface area contributed by atoms with E-state index in [4.69, 9.17) is 4.74 Å². The minimum absolute atomic E-state index is 0.125.